The van der Waals surface area contributed by atoms with Gasteiger partial charge in [0.15, 0.2) is 0 Å². The second kappa shape index (κ2) is 7.85. The smallest absolute Gasteiger partial charge is 0.261 e. The molecule has 3 aliphatic rings. The number of carbonyl (C=O) groups is 2. The van der Waals surface area contributed by atoms with Gasteiger partial charge in [-0.25, -0.2) is 0 Å². The van der Waals surface area contributed by atoms with Gasteiger partial charge in [0.2, 0.25) is 0 Å². The van der Waals surface area contributed by atoms with Gasteiger partial charge in [0.25, 0.3) is 11.8 Å². The van der Waals surface area contributed by atoms with Crippen molar-refractivity contribution in [1.29, 1.82) is 0 Å². The largest absolute Gasteiger partial charge is 0.347 e. The maximum absolute atomic E-state index is 12.8. The molecule has 2 unspecified atom stereocenters. The molecule has 0 radical (unpaired) electrons. The fourth-order valence-corrected chi connectivity index (χ4v) is 4.88. The van der Waals surface area contributed by atoms with Crippen molar-refractivity contribution in [3.63, 3.8) is 0 Å². The van der Waals surface area contributed by atoms with Crippen LogP contribution in [0.1, 0.15) is 56.9 Å². The van der Waals surface area contributed by atoms with Gasteiger partial charge in [-0.15, -0.1) is 0 Å². The van der Waals surface area contributed by atoms with Crippen molar-refractivity contribution in [2.45, 2.75) is 57.4 Å². The third-order valence-electron chi connectivity index (χ3n) is 6.45. The second-order valence-corrected chi connectivity index (χ2v) is 8.15. The monoisotopic (exact) mass is 367 g/mol. The third kappa shape index (κ3) is 3.79. The Hall–Kier alpha value is -2.14. The van der Waals surface area contributed by atoms with Gasteiger partial charge in [0.1, 0.15) is 5.57 Å². The Morgan fingerprint density at radius 2 is 1.81 bits per heavy atom. The molecule has 144 valence electrons. The van der Waals surface area contributed by atoms with Crippen molar-refractivity contribution >= 4 is 17.5 Å². The first-order valence-corrected chi connectivity index (χ1v) is 10.3. The van der Waals surface area contributed by atoms with Crippen LogP contribution in [0.2, 0.25) is 0 Å². The Kier molecular flexibility index (Phi) is 5.30. The number of rotatable bonds is 3. The Morgan fingerprint density at radius 1 is 1.07 bits per heavy atom. The zero-order chi connectivity index (χ0) is 18.8. The fourth-order valence-electron chi connectivity index (χ4n) is 4.88. The summed E-state index contributed by atoms with van der Waals surface area (Å²) in [5.41, 5.74) is 3.31. The molecule has 2 fully saturated rings. The number of hydrogen-bond acceptors (Lipinski definition) is 3. The molecule has 2 aliphatic heterocycles. The summed E-state index contributed by atoms with van der Waals surface area (Å²) in [6.45, 7) is 3.62. The fraction of sp³-hybridized carbons (Fsp3) is 0.545. The molecular weight excluding hydrogens is 338 g/mol. The zero-order valence-electron chi connectivity index (χ0n) is 16.0. The summed E-state index contributed by atoms with van der Waals surface area (Å²) < 4.78 is 0. The second-order valence-electron chi connectivity index (χ2n) is 8.15. The molecule has 2 amide bonds. The number of anilines is 1. The van der Waals surface area contributed by atoms with Gasteiger partial charge in [-0.3, -0.25) is 9.59 Å². The number of carbonyl (C=O) groups excluding carboxylic acids is 2. The third-order valence-corrected chi connectivity index (χ3v) is 6.45. The van der Waals surface area contributed by atoms with Gasteiger partial charge in [-0.05, 0) is 61.9 Å². The summed E-state index contributed by atoms with van der Waals surface area (Å²) in [6, 6.07) is 8.27. The van der Waals surface area contributed by atoms with Crippen LogP contribution < -0.4 is 16.0 Å². The molecule has 1 aliphatic carbocycles. The molecule has 2 heterocycles. The highest BCUT2D eigenvalue weighted by Crippen LogP contribution is 2.33. The first-order chi connectivity index (χ1) is 13.1. The molecule has 2 atom stereocenters. The highest BCUT2D eigenvalue weighted by Gasteiger charge is 2.37. The van der Waals surface area contributed by atoms with Crippen LogP contribution in [0.5, 0.6) is 0 Å². The van der Waals surface area contributed by atoms with E-state index in [1.54, 1.807) is 0 Å². The Morgan fingerprint density at radius 3 is 2.56 bits per heavy atom. The number of hydrogen-bond donors (Lipinski definition) is 3. The lowest BCUT2D eigenvalue weighted by molar-refractivity contribution is -0.123. The molecule has 1 saturated carbocycles. The predicted molar refractivity (Wildman–Crippen MR) is 107 cm³/mol. The number of fused-ring (bicyclic) bond motifs is 1. The van der Waals surface area contributed by atoms with Crippen LogP contribution in [0.3, 0.4) is 0 Å². The van der Waals surface area contributed by atoms with Crippen LogP contribution in [0.25, 0.3) is 0 Å². The normalized spacial score (nSPS) is 26.3. The first-order valence-electron chi connectivity index (χ1n) is 10.3. The van der Waals surface area contributed by atoms with Crippen LogP contribution in [0.15, 0.2) is 35.4 Å². The van der Waals surface area contributed by atoms with E-state index < -0.39 is 0 Å². The van der Waals surface area contributed by atoms with Crippen LogP contribution in [0.4, 0.5) is 5.69 Å². The average Bonchev–Trinajstić information content (AvgIpc) is 2.69. The molecule has 27 heavy (non-hydrogen) atoms. The van der Waals surface area contributed by atoms with E-state index >= 15 is 0 Å². The lowest BCUT2D eigenvalue weighted by Gasteiger charge is -2.37. The van der Waals surface area contributed by atoms with E-state index in [4.69, 9.17) is 0 Å². The van der Waals surface area contributed by atoms with E-state index in [0.29, 0.717) is 5.92 Å². The Bertz CT molecular complexity index is 747. The minimum absolute atomic E-state index is 0.0950. The van der Waals surface area contributed by atoms with Gasteiger partial charge in [-0.2, -0.15) is 0 Å². The predicted octanol–water partition coefficient (Wildman–Crippen LogP) is 3.10. The van der Waals surface area contributed by atoms with Gasteiger partial charge in [0, 0.05) is 24.2 Å². The van der Waals surface area contributed by atoms with E-state index in [0.717, 1.165) is 30.8 Å². The van der Waals surface area contributed by atoms with Crippen molar-refractivity contribution in [1.82, 2.24) is 10.6 Å². The molecule has 1 aromatic rings. The number of benzene rings is 1. The first kappa shape index (κ1) is 18.2. The van der Waals surface area contributed by atoms with Crippen molar-refractivity contribution in [3.05, 3.63) is 41.0 Å². The van der Waals surface area contributed by atoms with Crippen molar-refractivity contribution in [2.75, 3.05) is 18.4 Å². The zero-order valence-corrected chi connectivity index (χ0v) is 16.0. The van der Waals surface area contributed by atoms with Crippen LogP contribution in [-0.4, -0.2) is 30.9 Å². The van der Waals surface area contributed by atoms with E-state index in [2.05, 4.69) is 28.1 Å². The molecule has 3 N–H and O–H groups in total. The number of piperidine rings is 1. The molecule has 4 rings (SSSR count). The maximum Gasteiger partial charge on any atom is 0.261 e. The Balaban J connectivity index is 1.47. The van der Waals surface area contributed by atoms with Gasteiger partial charge < -0.3 is 16.0 Å². The standard InChI is InChI=1S/C22H29N3O2/c1-14-18-11-12-23-13-19(18)25-22(27)20(14)21(26)24-17-9-7-16(8-10-17)15-5-3-2-4-6-15/h7-10,15,18-19,23H,2-6,11-13H2,1H3,(H,24,26)(H,25,27). The van der Waals surface area contributed by atoms with Crippen molar-refractivity contribution in [2.24, 2.45) is 5.92 Å². The molecule has 1 aromatic carbocycles. The Labute approximate surface area is 161 Å². The lowest BCUT2D eigenvalue weighted by Crippen LogP contribution is -2.55. The van der Waals surface area contributed by atoms with Crippen molar-refractivity contribution in [3.8, 4) is 0 Å². The summed E-state index contributed by atoms with van der Waals surface area (Å²) in [4.78, 5) is 25.3. The summed E-state index contributed by atoms with van der Waals surface area (Å²) >= 11 is 0. The van der Waals surface area contributed by atoms with Gasteiger partial charge >= 0.3 is 0 Å². The van der Waals surface area contributed by atoms with E-state index in [1.807, 2.05) is 19.1 Å². The quantitative estimate of drug-likeness (QED) is 0.719. The van der Waals surface area contributed by atoms with Crippen LogP contribution in [-0.2, 0) is 9.59 Å². The summed E-state index contributed by atoms with van der Waals surface area (Å²) in [5, 5.41) is 9.23. The highest BCUT2D eigenvalue weighted by atomic mass is 16.2. The molecule has 5 heteroatoms. The number of nitrogens with one attached hydrogen (secondary N) is 3. The minimum Gasteiger partial charge on any atom is -0.347 e. The summed E-state index contributed by atoms with van der Waals surface area (Å²) in [6.07, 6.45) is 7.43. The maximum atomic E-state index is 12.8. The molecular formula is C22H29N3O2. The average molecular weight is 367 g/mol. The molecule has 0 aromatic heterocycles. The summed E-state index contributed by atoms with van der Waals surface area (Å²) in [7, 11) is 0. The highest BCUT2D eigenvalue weighted by molar-refractivity contribution is 6.23. The van der Waals surface area contributed by atoms with Crippen LogP contribution >= 0.6 is 0 Å². The van der Waals surface area contributed by atoms with E-state index in [1.165, 1.54) is 37.7 Å². The molecule has 0 spiro atoms. The molecule has 0 bridgehead atoms. The number of amides is 2. The minimum atomic E-state index is -0.299. The topological polar surface area (TPSA) is 70.2 Å². The SMILES string of the molecule is CC1=C(C(=O)Nc2ccc(C3CCCCC3)cc2)C(=O)NC2CNCCC12. The van der Waals surface area contributed by atoms with E-state index in [-0.39, 0.29) is 29.3 Å². The lowest BCUT2D eigenvalue weighted by atomic mass is 9.80. The molecule has 1 saturated heterocycles. The van der Waals surface area contributed by atoms with Crippen molar-refractivity contribution < 1.29 is 9.59 Å². The van der Waals surface area contributed by atoms with Gasteiger partial charge in [-0.1, -0.05) is 31.4 Å². The van der Waals surface area contributed by atoms with Gasteiger partial charge in [0.05, 0.1) is 0 Å². The van der Waals surface area contributed by atoms with Crippen LogP contribution in [0, 0.1) is 5.92 Å². The van der Waals surface area contributed by atoms with E-state index in [9.17, 15) is 9.59 Å². The summed E-state index contributed by atoms with van der Waals surface area (Å²) in [5.74, 6) is 0.342. The molecule has 5 nitrogen and oxygen atoms in total.